The summed E-state index contributed by atoms with van der Waals surface area (Å²) in [6, 6.07) is 16.5. The Hall–Kier alpha value is -3.12. The maximum absolute atomic E-state index is 5.48. The van der Waals surface area contributed by atoms with E-state index in [1.165, 1.54) is 11.1 Å². The second-order valence-electron chi connectivity index (χ2n) is 6.92. The molecule has 3 aromatic rings. The van der Waals surface area contributed by atoms with Crippen LogP contribution in [0.25, 0.3) is 0 Å². The minimum atomic E-state index is 0.754. The largest absolute Gasteiger partial charge is 0.378 e. The van der Waals surface area contributed by atoms with Crippen molar-refractivity contribution >= 4 is 28.7 Å². The van der Waals surface area contributed by atoms with Crippen molar-refractivity contribution in [2.24, 2.45) is 0 Å². The van der Waals surface area contributed by atoms with Crippen LogP contribution in [0.3, 0.4) is 0 Å². The third-order valence-corrected chi connectivity index (χ3v) is 4.92. The van der Waals surface area contributed by atoms with Gasteiger partial charge in [0.05, 0.1) is 24.6 Å². The Kier molecular flexibility index (Phi) is 5.39. The summed E-state index contributed by atoms with van der Waals surface area (Å²) in [6.07, 6.45) is 1.58. The number of benzene rings is 2. The van der Waals surface area contributed by atoms with Crippen LogP contribution in [0.5, 0.6) is 0 Å². The van der Waals surface area contributed by atoms with Gasteiger partial charge in [0.15, 0.2) is 0 Å². The van der Waals surface area contributed by atoms with E-state index in [0.29, 0.717) is 0 Å². The van der Waals surface area contributed by atoms with Gasteiger partial charge in [0.25, 0.3) is 0 Å². The van der Waals surface area contributed by atoms with E-state index in [2.05, 4.69) is 75.7 Å². The number of nitrogens with one attached hydrogen (secondary N) is 2. The van der Waals surface area contributed by atoms with Crippen molar-refractivity contribution in [3.63, 3.8) is 0 Å². The van der Waals surface area contributed by atoms with E-state index in [-0.39, 0.29) is 0 Å². The van der Waals surface area contributed by atoms with Gasteiger partial charge in [0.1, 0.15) is 18.0 Å². The molecule has 0 radical (unpaired) electrons. The van der Waals surface area contributed by atoms with Gasteiger partial charge in [0, 0.05) is 24.8 Å². The zero-order chi connectivity index (χ0) is 19.3. The van der Waals surface area contributed by atoms with Crippen LogP contribution in [0.15, 0.2) is 54.9 Å². The van der Waals surface area contributed by atoms with Gasteiger partial charge < -0.3 is 20.3 Å². The molecule has 28 heavy (non-hydrogen) atoms. The normalized spacial score (nSPS) is 14.0. The summed E-state index contributed by atoms with van der Waals surface area (Å²) < 4.78 is 5.48. The van der Waals surface area contributed by atoms with Gasteiger partial charge in [-0.2, -0.15) is 0 Å². The van der Waals surface area contributed by atoms with Crippen LogP contribution in [0, 0.1) is 13.8 Å². The molecular formula is C22H25N5O. The minimum Gasteiger partial charge on any atom is -0.378 e. The number of morpholine rings is 1. The van der Waals surface area contributed by atoms with Crippen LogP contribution >= 0.6 is 0 Å². The fraction of sp³-hybridized carbons (Fsp3) is 0.273. The van der Waals surface area contributed by atoms with Gasteiger partial charge in [-0.15, -0.1) is 0 Å². The molecule has 2 aromatic carbocycles. The summed E-state index contributed by atoms with van der Waals surface area (Å²) in [5, 5.41) is 6.88. The molecule has 6 heteroatoms. The first-order valence-corrected chi connectivity index (χ1v) is 9.55. The Morgan fingerprint density at radius 2 is 1.54 bits per heavy atom. The second-order valence-corrected chi connectivity index (χ2v) is 6.92. The highest BCUT2D eigenvalue weighted by Gasteiger charge is 2.15. The Morgan fingerprint density at radius 3 is 2.29 bits per heavy atom. The smallest absolute Gasteiger partial charge is 0.135 e. The molecule has 0 amide bonds. The lowest BCUT2D eigenvalue weighted by Gasteiger charge is -2.30. The van der Waals surface area contributed by atoms with Gasteiger partial charge in [-0.3, -0.25) is 0 Å². The number of rotatable bonds is 5. The average molecular weight is 375 g/mol. The summed E-state index contributed by atoms with van der Waals surface area (Å²) >= 11 is 0. The van der Waals surface area contributed by atoms with Crippen LogP contribution in [0.2, 0.25) is 0 Å². The molecule has 4 rings (SSSR count). The number of para-hydroxylation sites is 3. The molecule has 2 heterocycles. The van der Waals surface area contributed by atoms with Gasteiger partial charge in [0.2, 0.25) is 0 Å². The molecule has 0 atom stereocenters. The monoisotopic (exact) mass is 375 g/mol. The zero-order valence-corrected chi connectivity index (χ0v) is 16.3. The molecule has 1 saturated heterocycles. The summed E-state index contributed by atoms with van der Waals surface area (Å²) in [7, 11) is 0. The van der Waals surface area contributed by atoms with Gasteiger partial charge in [-0.1, -0.05) is 30.3 Å². The van der Waals surface area contributed by atoms with Crippen molar-refractivity contribution in [3.05, 3.63) is 66.0 Å². The molecule has 1 aliphatic heterocycles. The van der Waals surface area contributed by atoms with Crippen LogP contribution in [-0.4, -0.2) is 36.3 Å². The SMILES string of the molecule is Cc1cccc(C)c1Nc1cc(Nc2ccccc2N2CCOCC2)ncn1. The number of hydrogen-bond donors (Lipinski definition) is 2. The topological polar surface area (TPSA) is 62.3 Å². The third kappa shape index (κ3) is 4.07. The lowest BCUT2D eigenvalue weighted by molar-refractivity contribution is 0.123. The fourth-order valence-corrected chi connectivity index (χ4v) is 3.43. The number of hydrogen-bond acceptors (Lipinski definition) is 6. The maximum atomic E-state index is 5.48. The van der Waals surface area contributed by atoms with Crippen molar-refractivity contribution in [2.45, 2.75) is 13.8 Å². The first-order valence-electron chi connectivity index (χ1n) is 9.55. The van der Waals surface area contributed by atoms with E-state index in [4.69, 9.17) is 4.74 Å². The summed E-state index contributed by atoms with van der Waals surface area (Å²) in [5.41, 5.74) is 5.65. The number of aromatic nitrogens is 2. The lowest BCUT2D eigenvalue weighted by Crippen LogP contribution is -2.36. The number of anilines is 5. The Morgan fingerprint density at radius 1 is 0.857 bits per heavy atom. The van der Waals surface area contributed by atoms with E-state index < -0.39 is 0 Å². The number of nitrogens with zero attached hydrogens (tertiary/aromatic N) is 3. The van der Waals surface area contributed by atoms with E-state index in [1.54, 1.807) is 6.33 Å². The third-order valence-electron chi connectivity index (χ3n) is 4.92. The molecule has 144 valence electrons. The molecule has 1 aromatic heterocycles. The highest BCUT2D eigenvalue weighted by molar-refractivity contribution is 5.75. The van der Waals surface area contributed by atoms with Crippen molar-refractivity contribution in [1.29, 1.82) is 0 Å². The standard InChI is InChI=1S/C22H25N5O/c1-16-6-5-7-17(2)22(16)26-21-14-20(23-15-24-21)25-18-8-3-4-9-19(18)27-10-12-28-13-11-27/h3-9,14-15H,10-13H2,1-2H3,(H2,23,24,25,26). The maximum Gasteiger partial charge on any atom is 0.135 e. The van der Waals surface area contributed by atoms with Crippen LogP contribution in [0.1, 0.15) is 11.1 Å². The lowest BCUT2D eigenvalue weighted by atomic mass is 10.1. The summed E-state index contributed by atoms with van der Waals surface area (Å²) in [4.78, 5) is 11.1. The Labute approximate surface area is 165 Å². The van der Waals surface area contributed by atoms with Gasteiger partial charge >= 0.3 is 0 Å². The van der Waals surface area contributed by atoms with E-state index >= 15 is 0 Å². The molecule has 1 fully saturated rings. The zero-order valence-electron chi connectivity index (χ0n) is 16.3. The quantitative estimate of drug-likeness (QED) is 0.688. The number of ether oxygens (including phenoxy) is 1. The minimum absolute atomic E-state index is 0.754. The fourth-order valence-electron chi connectivity index (χ4n) is 3.43. The summed E-state index contributed by atoms with van der Waals surface area (Å²) in [5.74, 6) is 1.52. The van der Waals surface area contributed by atoms with E-state index in [0.717, 1.165) is 55.0 Å². The number of aryl methyl sites for hydroxylation is 2. The van der Waals surface area contributed by atoms with Crippen LogP contribution < -0.4 is 15.5 Å². The predicted octanol–water partition coefficient (Wildman–Crippen LogP) is 4.42. The summed E-state index contributed by atoms with van der Waals surface area (Å²) in [6.45, 7) is 7.48. The van der Waals surface area contributed by atoms with Crippen molar-refractivity contribution in [1.82, 2.24) is 9.97 Å². The Balaban J connectivity index is 1.56. The first kappa shape index (κ1) is 18.3. The molecule has 0 aliphatic carbocycles. The van der Waals surface area contributed by atoms with Gasteiger partial charge in [-0.05, 0) is 37.1 Å². The highest BCUT2D eigenvalue weighted by atomic mass is 16.5. The molecule has 0 bridgehead atoms. The van der Waals surface area contributed by atoms with Gasteiger partial charge in [-0.25, -0.2) is 9.97 Å². The van der Waals surface area contributed by atoms with Crippen molar-refractivity contribution in [3.8, 4) is 0 Å². The molecule has 0 saturated carbocycles. The molecule has 6 nitrogen and oxygen atoms in total. The Bertz CT molecular complexity index is 933. The molecular weight excluding hydrogens is 350 g/mol. The first-order chi connectivity index (χ1) is 13.7. The molecule has 0 unspecified atom stereocenters. The van der Waals surface area contributed by atoms with Crippen molar-refractivity contribution < 1.29 is 4.74 Å². The van der Waals surface area contributed by atoms with Crippen LogP contribution in [-0.2, 0) is 4.74 Å². The van der Waals surface area contributed by atoms with Crippen molar-refractivity contribution in [2.75, 3.05) is 41.8 Å². The predicted molar refractivity (Wildman–Crippen MR) is 114 cm³/mol. The molecule has 1 aliphatic rings. The van der Waals surface area contributed by atoms with Crippen LogP contribution in [0.4, 0.5) is 28.7 Å². The second kappa shape index (κ2) is 8.27. The average Bonchev–Trinajstić information content (AvgIpc) is 2.72. The highest BCUT2D eigenvalue weighted by Crippen LogP contribution is 2.30. The van der Waals surface area contributed by atoms with E-state index in [9.17, 15) is 0 Å². The van der Waals surface area contributed by atoms with E-state index in [1.807, 2.05) is 12.1 Å². The molecule has 2 N–H and O–H groups in total. The molecule has 0 spiro atoms.